The van der Waals surface area contributed by atoms with Gasteiger partial charge in [0.1, 0.15) is 12.4 Å². The van der Waals surface area contributed by atoms with Crippen molar-refractivity contribution in [3.8, 4) is 0 Å². The number of hydrogen-bond donors (Lipinski definition) is 0. The summed E-state index contributed by atoms with van der Waals surface area (Å²) in [4.78, 5) is 19.4. The van der Waals surface area contributed by atoms with E-state index in [0.717, 1.165) is 11.3 Å². The SMILES string of the molecule is COCC(=O)N(Cc1ccccc1F)C[C@H]1CC(c2ccccc2Cl)=NO1. The van der Waals surface area contributed by atoms with E-state index in [-0.39, 0.29) is 37.5 Å². The van der Waals surface area contributed by atoms with Crippen molar-refractivity contribution in [2.45, 2.75) is 19.1 Å². The highest BCUT2D eigenvalue weighted by atomic mass is 35.5. The molecule has 142 valence electrons. The molecule has 0 unspecified atom stereocenters. The molecule has 7 heteroatoms. The Balaban J connectivity index is 1.69. The molecule has 0 bridgehead atoms. The maximum atomic E-state index is 14.0. The van der Waals surface area contributed by atoms with Crippen LogP contribution in [0.15, 0.2) is 53.7 Å². The molecule has 1 aliphatic heterocycles. The van der Waals surface area contributed by atoms with E-state index in [1.807, 2.05) is 18.2 Å². The lowest BCUT2D eigenvalue weighted by Crippen LogP contribution is -2.39. The molecule has 27 heavy (non-hydrogen) atoms. The van der Waals surface area contributed by atoms with Crippen LogP contribution in [-0.2, 0) is 20.9 Å². The van der Waals surface area contributed by atoms with Gasteiger partial charge in [-0.05, 0) is 12.1 Å². The van der Waals surface area contributed by atoms with Crippen LogP contribution in [0, 0.1) is 5.82 Å². The van der Waals surface area contributed by atoms with Crippen molar-refractivity contribution < 1.29 is 18.8 Å². The summed E-state index contributed by atoms with van der Waals surface area (Å²) in [6, 6.07) is 13.8. The third-order valence-corrected chi connectivity index (χ3v) is 4.61. The van der Waals surface area contributed by atoms with Crippen LogP contribution in [-0.4, -0.2) is 42.9 Å². The van der Waals surface area contributed by atoms with Gasteiger partial charge in [0, 0.05) is 36.2 Å². The van der Waals surface area contributed by atoms with Crippen LogP contribution in [0.25, 0.3) is 0 Å². The van der Waals surface area contributed by atoms with Gasteiger partial charge in [0.15, 0.2) is 6.10 Å². The Morgan fingerprint density at radius 3 is 2.78 bits per heavy atom. The fourth-order valence-corrected chi connectivity index (χ4v) is 3.17. The van der Waals surface area contributed by atoms with Crippen molar-refractivity contribution in [2.24, 2.45) is 5.16 Å². The standard InChI is InChI=1S/C20H20ClFN2O3/c1-26-13-20(25)24(11-14-6-2-5-9-18(14)22)12-15-10-19(23-27-15)16-7-3-4-8-17(16)21/h2-9,15H,10-13H2,1H3/t15-/m1/s1. The number of carbonyl (C=O) groups is 1. The number of rotatable bonds is 7. The van der Waals surface area contributed by atoms with Crippen molar-refractivity contribution in [1.82, 2.24) is 4.90 Å². The summed E-state index contributed by atoms with van der Waals surface area (Å²) in [5.74, 6) is -0.594. The van der Waals surface area contributed by atoms with Gasteiger partial charge in [-0.3, -0.25) is 4.79 Å². The van der Waals surface area contributed by atoms with Crippen LogP contribution in [0.5, 0.6) is 0 Å². The topological polar surface area (TPSA) is 51.1 Å². The van der Waals surface area contributed by atoms with E-state index < -0.39 is 0 Å². The summed E-state index contributed by atoms with van der Waals surface area (Å²) in [7, 11) is 1.45. The third-order valence-electron chi connectivity index (χ3n) is 4.28. The molecule has 0 saturated carbocycles. The Bertz CT molecular complexity index is 843. The minimum absolute atomic E-state index is 0.0839. The lowest BCUT2D eigenvalue weighted by molar-refractivity contribution is -0.137. The molecule has 1 atom stereocenters. The van der Waals surface area contributed by atoms with Gasteiger partial charge in [-0.2, -0.15) is 0 Å². The first-order valence-electron chi connectivity index (χ1n) is 8.56. The maximum absolute atomic E-state index is 14.0. The lowest BCUT2D eigenvalue weighted by atomic mass is 10.0. The number of amides is 1. The Morgan fingerprint density at radius 2 is 2.04 bits per heavy atom. The third kappa shape index (κ3) is 4.84. The van der Waals surface area contributed by atoms with Crippen LogP contribution < -0.4 is 0 Å². The highest BCUT2D eigenvalue weighted by molar-refractivity contribution is 6.34. The zero-order chi connectivity index (χ0) is 19.2. The zero-order valence-electron chi connectivity index (χ0n) is 14.9. The van der Waals surface area contributed by atoms with Gasteiger partial charge < -0.3 is 14.5 Å². The van der Waals surface area contributed by atoms with Gasteiger partial charge in [0.05, 0.1) is 12.3 Å². The molecular weight excluding hydrogens is 371 g/mol. The molecule has 3 rings (SSSR count). The summed E-state index contributed by atoms with van der Waals surface area (Å²) in [5, 5.41) is 4.72. The first kappa shape index (κ1) is 19.3. The first-order chi connectivity index (χ1) is 13.1. The second-order valence-corrected chi connectivity index (χ2v) is 6.66. The Hall–Kier alpha value is -2.44. The van der Waals surface area contributed by atoms with E-state index in [0.29, 0.717) is 17.0 Å². The molecule has 0 fully saturated rings. The zero-order valence-corrected chi connectivity index (χ0v) is 15.7. The van der Waals surface area contributed by atoms with Gasteiger partial charge in [0.25, 0.3) is 0 Å². The summed E-state index contributed by atoms with van der Waals surface area (Å²) >= 11 is 6.22. The first-order valence-corrected chi connectivity index (χ1v) is 8.94. The van der Waals surface area contributed by atoms with Crippen molar-refractivity contribution >= 4 is 23.2 Å². The smallest absolute Gasteiger partial charge is 0.248 e. The average Bonchev–Trinajstić information content (AvgIpc) is 3.12. The summed E-state index contributed by atoms with van der Waals surface area (Å²) < 4.78 is 19.0. The van der Waals surface area contributed by atoms with E-state index in [2.05, 4.69) is 5.16 Å². The van der Waals surface area contributed by atoms with Crippen molar-refractivity contribution in [2.75, 3.05) is 20.3 Å². The van der Waals surface area contributed by atoms with E-state index in [1.165, 1.54) is 18.1 Å². The number of oxime groups is 1. The Labute approximate surface area is 162 Å². The predicted molar refractivity (Wildman–Crippen MR) is 101 cm³/mol. The Kier molecular flexibility index (Phi) is 6.42. The normalized spacial score (nSPS) is 16.0. The molecule has 0 aliphatic carbocycles. The second kappa shape index (κ2) is 8.97. The number of ether oxygens (including phenoxy) is 1. The fourth-order valence-electron chi connectivity index (χ4n) is 2.93. The molecular formula is C20H20ClFN2O3. The minimum atomic E-state index is -0.354. The molecule has 0 aromatic heterocycles. The number of halogens is 2. The highest BCUT2D eigenvalue weighted by Gasteiger charge is 2.28. The monoisotopic (exact) mass is 390 g/mol. The van der Waals surface area contributed by atoms with E-state index in [1.54, 1.807) is 24.3 Å². The molecule has 2 aromatic carbocycles. The molecule has 1 amide bonds. The van der Waals surface area contributed by atoms with E-state index in [9.17, 15) is 9.18 Å². The fraction of sp³-hybridized carbons (Fsp3) is 0.300. The largest absolute Gasteiger partial charge is 0.390 e. The van der Waals surface area contributed by atoms with Crippen molar-refractivity contribution in [3.05, 3.63) is 70.5 Å². The molecule has 1 heterocycles. The maximum Gasteiger partial charge on any atom is 0.248 e. The van der Waals surface area contributed by atoms with Gasteiger partial charge in [-0.25, -0.2) is 4.39 Å². The quantitative estimate of drug-likeness (QED) is 0.725. The highest BCUT2D eigenvalue weighted by Crippen LogP contribution is 2.24. The van der Waals surface area contributed by atoms with Gasteiger partial charge in [-0.1, -0.05) is 53.2 Å². The van der Waals surface area contributed by atoms with Crippen LogP contribution >= 0.6 is 11.6 Å². The summed E-state index contributed by atoms with van der Waals surface area (Å²) in [6.07, 6.45) is 0.182. The van der Waals surface area contributed by atoms with Crippen LogP contribution in [0.4, 0.5) is 4.39 Å². The molecule has 0 saturated heterocycles. The van der Waals surface area contributed by atoms with Crippen molar-refractivity contribution in [1.29, 1.82) is 0 Å². The second-order valence-electron chi connectivity index (χ2n) is 6.25. The number of hydrogen-bond acceptors (Lipinski definition) is 4. The minimum Gasteiger partial charge on any atom is -0.390 e. The number of carbonyl (C=O) groups excluding carboxylic acids is 1. The number of methoxy groups -OCH3 is 1. The molecule has 2 aromatic rings. The van der Waals surface area contributed by atoms with Crippen LogP contribution in [0.1, 0.15) is 17.5 Å². The van der Waals surface area contributed by atoms with Crippen LogP contribution in [0.3, 0.4) is 0 Å². The summed E-state index contributed by atoms with van der Waals surface area (Å²) in [5.41, 5.74) is 1.98. The number of nitrogens with zero attached hydrogens (tertiary/aromatic N) is 2. The molecule has 0 radical (unpaired) electrons. The van der Waals surface area contributed by atoms with Gasteiger partial charge in [0.2, 0.25) is 5.91 Å². The summed E-state index contributed by atoms with van der Waals surface area (Å²) in [6.45, 7) is 0.323. The van der Waals surface area contributed by atoms with E-state index >= 15 is 0 Å². The number of benzene rings is 2. The predicted octanol–water partition coefficient (Wildman–Crippen LogP) is 3.65. The molecule has 5 nitrogen and oxygen atoms in total. The lowest BCUT2D eigenvalue weighted by Gasteiger charge is -2.25. The van der Waals surface area contributed by atoms with Gasteiger partial charge in [-0.15, -0.1) is 0 Å². The van der Waals surface area contributed by atoms with Crippen LogP contribution in [0.2, 0.25) is 5.02 Å². The Morgan fingerprint density at radius 1 is 1.30 bits per heavy atom. The molecule has 0 spiro atoms. The van der Waals surface area contributed by atoms with E-state index in [4.69, 9.17) is 21.2 Å². The van der Waals surface area contributed by atoms with Gasteiger partial charge >= 0.3 is 0 Å². The average molecular weight is 391 g/mol. The molecule has 1 aliphatic rings. The molecule has 0 N–H and O–H groups in total. The van der Waals surface area contributed by atoms with Crippen molar-refractivity contribution in [3.63, 3.8) is 0 Å².